The van der Waals surface area contributed by atoms with Gasteiger partial charge in [-0.05, 0) is 36.4 Å². The van der Waals surface area contributed by atoms with Gasteiger partial charge in [0.1, 0.15) is 5.75 Å². The molecule has 2 amide bonds. The summed E-state index contributed by atoms with van der Waals surface area (Å²) in [6.45, 7) is 1.09. The van der Waals surface area contributed by atoms with Crippen molar-refractivity contribution in [2.24, 2.45) is 0 Å². The molecular weight excluding hydrogens is 535 g/mol. The Morgan fingerprint density at radius 1 is 1.11 bits per heavy atom. The largest absolute Gasteiger partial charge is 0.507 e. The van der Waals surface area contributed by atoms with Crippen molar-refractivity contribution in [3.05, 3.63) is 57.3 Å². The Morgan fingerprint density at radius 3 is 2.43 bits per heavy atom. The number of carbonyl (C=O) groups is 2. The van der Waals surface area contributed by atoms with Gasteiger partial charge in [0.2, 0.25) is 5.91 Å². The van der Waals surface area contributed by atoms with Gasteiger partial charge in [-0.3, -0.25) is 9.59 Å². The molecule has 1 aromatic heterocycles. The minimum absolute atomic E-state index is 0.0358. The number of aromatic nitrogens is 1. The third-order valence-electron chi connectivity index (χ3n) is 5.93. The Hall–Kier alpha value is -3.38. The van der Waals surface area contributed by atoms with Gasteiger partial charge in [0.15, 0.2) is 0 Å². The summed E-state index contributed by atoms with van der Waals surface area (Å²) >= 11 is 6.95. The Morgan fingerprint density at radius 2 is 1.78 bits per heavy atom. The van der Waals surface area contributed by atoms with Crippen LogP contribution in [0, 0.1) is 0 Å². The molecule has 1 saturated heterocycles. The lowest BCUT2D eigenvalue weighted by atomic mass is 9.98. The molecule has 2 N–H and O–H groups in total. The van der Waals surface area contributed by atoms with Crippen molar-refractivity contribution in [1.82, 2.24) is 14.8 Å². The van der Waals surface area contributed by atoms with Crippen molar-refractivity contribution in [2.75, 3.05) is 39.0 Å². The molecule has 2 aromatic carbocycles. The summed E-state index contributed by atoms with van der Waals surface area (Å²) in [6, 6.07) is 6.91. The molecule has 3 aromatic rings. The van der Waals surface area contributed by atoms with Gasteiger partial charge in [0, 0.05) is 53.2 Å². The lowest BCUT2D eigenvalue weighted by Crippen LogP contribution is -2.51. The number of phenols is 1. The molecule has 0 bridgehead atoms. The molecule has 1 aliphatic rings. The van der Waals surface area contributed by atoms with Crippen molar-refractivity contribution in [3.8, 4) is 16.9 Å². The first-order valence-electron chi connectivity index (χ1n) is 11.0. The number of hydrogen-bond acceptors (Lipinski definition) is 6. The van der Waals surface area contributed by atoms with Crippen LogP contribution in [0.1, 0.15) is 5.56 Å². The molecular formula is C24H21ClF3N3O5S. The van der Waals surface area contributed by atoms with E-state index in [9.17, 15) is 32.7 Å². The number of aromatic amines is 1. The molecule has 0 atom stereocenters. The summed E-state index contributed by atoms with van der Waals surface area (Å²) in [5.74, 6) is -0.805. The van der Waals surface area contributed by atoms with Crippen LogP contribution in [0.15, 0.2) is 46.1 Å². The van der Waals surface area contributed by atoms with Crippen molar-refractivity contribution in [2.45, 2.75) is 11.1 Å². The van der Waals surface area contributed by atoms with Gasteiger partial charge in [-0.2, -0.15) is 13.2 Å². The molecule has 0 unspecified atom stereocenters. The maximum absolute atomic E-state index is 13.5. The van der Waals surface area contributed by atoms with Crippen LogP contribution in [-0.4, -0.2) is 70.9 Å². The SMILES string of the molecule is COC(=O)N1CCN(C(=O)CSc2c(-c3cc(Cl)ccc3O)c3cc(C(F)(F)F)ccc3[nH]c2=O)CC1. The molecule has 0 radical (unpaired) electrons. The zero-order chi connectivity index (χ0) is 26.9. The second-order valence-corrected chi connectivity index (χ2v) is 9.63. The Bertz CT molecular complexity index is 1420. The van der Waals surface area contributed by atoms with Crippen LogP contribution >= 0.6 is 23.4 Å². The van der Waals surface area contributed by atoms with Crippen LogP contribution < -0.4 is 5.56 Å². The summed E-state index contributed by atoms with van der Waals surface area (Å²) in [4.78, 5) is 43.1. The quantitative estimate of drug-likeness (QED) is 0.457. The van der Waals surface area contributed by atoms with E-state index < -0.39 is 23.4 Å². The predicted octanol–water partition coefficient (Wildman–Crippen LogP) is 4.58. The molecule has 0 spiro atoms. The normalized spacial score (nSPS) is 14.2. The highest BCUT2D eigenvalue weighted by Crippen LogP contribution is 2.42. The number of aromatic hydroxyl groups is 1. The van der Waals surface area contributed by atoms with Gasteiger partial charge >= 0.3 is 12.3 Å². The molecule has 4 rings (SSSR count). The molecule has 8 nitrogen and oxygen atoms in total. The summed E-state index contributed by atoms with van der Waals surface area (Å²) < 4.78 is 45.2. The Kier molecular flexibility index (Phi) is 7.60. The molecule has 2 heterocycles. The first-order valence-corrected chi connectivity index (χ1v) is 12.4. The standard InChI is InChI=1S/C24H21ClF3N3O5S/c1-36-23(35)31-8-6-30(7-9-31)19(33)12-37-21-20(16-11-14(25)3-5-18(16)32)15-10-13(24(26,27)28)2-4-17(15)29-22(21)34/h2-5,10-11,32H,6-9,12H2,1H3,(H,29,34). The van der Waals surface area contributed by atoms with E-state index in [0.29, 0.717) is 0 Å². The number of phenolic OH excluding ortho intramolecular Hbond substituents is 1. The average molecular weight is 556 g/mol. The van der Waals surface area contributed by atoms with E-state index in [0.717, 1.165) is 30.0 Å². The minimum Gasteiger partial charge on any atom is -0.507 e. The molecule has 13 heteroatoms. The minimum atomic E-state index is -4.65. The van der Waals surface area contributed by atoms with E-state index in [4.69, 9.17) is 11.6 Å². The van der Waals surface area contributed by atoms with Crippen LogP contribution in [0.4, 0.5) is 18.0 Å². The number of pyridine rings is 1. The van der Waals surface area contributed by atoms with Crippen LogP contribution in [0.25, 0.3) is 22.0 Å². The van der Waals surface area contributed by atoms with E-state index in [1.165, 1.54) is 35.1 Å². The monoisotopic (exact) mass is 555 g/mol. The fourth-order valence-corrected chi connectivity index (χ4v) is 5.23. The van der Waals surface area contributed by atoms with E-state index in [1.807, 2.05) is 0 Å². The number of rotatable bonds is 4. The average Bonchev–Trinajstić information content (AvgIpc) is 2.87. The number of carbonyl (C=O) groups excluding carboxylic acids is 2. The highest BCUT2D eigenvalue weighted by molar-refractivity contribution is 8.00. The maximum Gasteiger partial charge on any atom is 0.416 e. The summed E-state index contributed by atoms with van der Waals surface area (Å²) in [5, 5.41) is 10.8. The third kappa shape index (κ3) is 5.64. The summed E-state index contributed by atoms with van der Waals surface area (Å²) in [5.41, 5.74) is -1.34. The first kappa shape index (κ1) is 26.7. The smallest absolute Gasteiger partial charge is 0.416 e. The lowest BCUT2D eigenvalue weighted by molar-refractivity contribution is -0.137. The van der Waals surface area contributed by atoms with Gasteiger partial charge in [-0.1, -0.05) is 11.6 Å². The zero-order valence-corrected chi connectivity index (χ0v) is 21.0. The second-order valence-electron chi connectivity index (χ2n) is 8.20. The highest BCUT2D eigenvalue weighted by Gasteiger charge is 2.32. The van der Waals surface area contributed by atoms with Crippen molar-refractivity contribution < 1.29 is 32.6 Å². The number of benzene rings is 2. The number of piperazine rings is 1. The number of H-pyrrole nitrogens is 1. The summed E-state index contributed by atoms with van der Waals surface area (Å²) in [7, 11) is 1.27. The molecule has 0 aliphatic carbocycles. The van der Waals surface area contributed by atoms with Crippen LogP contribution in [-0.2, 0) is 15.7 Å². The Balaban J connectivity index is 1.72. The van der Waals surface area contributed by atoms with E-state index in [1.54, 1.807) is 0 Å². The second kappa shape index (κ2) is 10.5. The zero-order valence-electron chi connectivity index (χ0n) is 19.4. The number of fused-ring (bicyclic) bond motifs is 1. The third-order valence-corrected chi connectivity index (χ3v) is 7.24. The van der Waals surface area contributed by atoms with E-state index in [2.05, 4.69) is 9.72 Å². The fourth-order valence-electron chi connectivity index (χ4n) is 4.06. The number of alkyl halides is 3. The lowest BCUT2D eigenvalue weighted by Gasteiger charge is -2.33. The van der Waals surface area contributed by atoms with Crippen molar-refractivity contribution in [3.63, 3.8) is 0 Å². The van der Waals surface area contributed by atoms with Gasteiger partial charge in [0.25, 0.3) is 5.56 Å². The van der Waals surface area contributed by atoms with Gasteiger partial charge in [-0.25, -0.2) is 4.79 Å². The summed E-state index contributed by atoms with van der Waals surface area (Å²) in [6.07, 6.45) is -5.14. The number of methoxy groups -OCH3 is 1. The van der Waals surface area contributed by atoms with Crippen molar-refractivity contribution in [1.29, 1.82) is 0 Å². The van der Waals surface area contributed by atoms with Crippen LogP contribution in [0.2, 0.25) is 5.02 Å². The molecule has 1 aliphatic heterocycles. The number of thioether (sulfide) groups is 1. The topological polar surface area (TPSA) is 103 Å². The Labute approximate surface area is 218 Å². The number of nitrogens with one attached hydrogen (secondary N) is 1. The van der Waals surface area contributed by atoms with Gasteiger partial charge < -0.3 is 24.6 Å². The maximum atomic E-state index is 13.5. The van der Waals surface area contributed by atoms with E-state index >= 15 is 0 Å². The highest BCUT2D eigenvalue weighted by atomic mass is 35.5. The number of hydrogen-bond donors (Lipinski definition) is 2. The van der Waals surface area contributed by atoms with Crippen LogP contribution in [0.3, 0.4) is 0 Å². The van der Waals surface area contributed by atoms with Crippen LogP contribution in [0.5, 0.6) is 5.75 Å². The number of nitrogens with zero attached hydrogens (tertiary/aromatic N) is 2. The first-order chi connectivity index (χ1) is 17.5. The van der Waals surface area contributed by atoms with E-state index in [-0.39, 0.29) is 75.5 Å². The predicted molar refractivity (Wildman–Crippen MR) is 133 cm³/mol. The molecule has 0 saturated carbocycles. The van der Waals surface area contributed by atoms with Gasteiger partial charge in [0.05, 0.1) is 23.3 Å². The number of halogens is 4. The molecule has 1 fully saturated rings. The molecule has 37 heavy (non-hydrogen) atoms. The number of ether oxygens (including phenoxy) is 1. The fraction of sp³-hybridized carbons (Fsp3) is 0.292. The van der Waals surface area contributed by atoms with Crippen molar-refractivity contribution >= 4 is 46.3 Å². The molecule has 196 valence electrons. The van der Waals surface area contributed by atoms with Gasteiger partial charge in [-0.15, -0.1) is 11.8 Å². The number of amides is 2.